The Morgan fingerprint density at radius 3 is 2.76 bits per heavy atom. The highest BCUT2D eigenvalue weighted by molar-refractivity contribution is 9.10. The number of hydrogen-bond acceptors (Lipinski definition) is 3. The van der Waals surface area contributed by atoms with Crippen LogP contribution in [-0.4, -0.2) is 33.4 Å². The molecule has 2 heterocycles. The van der Waals surface area contributed by atoms with Crippen molar-refractivity contribution in [2.75, 3.05) is 18.4 Å². The lowest BCUT2D eigenvalue weighted by atomic mass is 9.97. The maximum Gasteiger partial charge on any atom is 0.228 e. The van der Waals surface area contributed by atoms with Gasteiger partial charge in [0.2, 0.25) is 5.91 Å². The summed E-state index contributed by atoms with van der Waals surface area (Å²) in [6, 6.07) is 21.7. The fourth-order valence-electron chi connectivity index (χ4n) is 4.53. The van der Waals surface area contributed by atoms with Crippen LogP contribution < -0.4 is 5.32 Å². The van der Waals surface area contributed by atoms with E-state index in [0.717, 1.165) is 46.4 Å². The Kier molecular flexibility index (Phi) is 6.93. The lowest BCUT2D eigenvalue weighted by Crippen LogP contribution is -2.40. The second kappa shape index (κ2) is 10.1. The SMILES string of the molecule is O=C(Nc1cccc(Cl)c1Cl)[C@@H]1CCCN(Cc2nc3ccccc3n2-c2cccc(Br)c2)C1. The largest absolute Gasteiger partial charge is 0.324 e. The van der Waals surface area contributed by atoms with E-state index in [1.807, 2.05) is 30.3 Å². The Hall–Kier alpha value is -2.38. The molecule has 1 N–H and O–H groups in total. The van der Waals surface area contributed by atoms with Crippen LogP contribution in [0.1, 0.15) is 18.7 Å². The molecular weight excluding hydrogens is 535 g/mol. The van der Waals surface area contributed by atoms with E-state index in [4.69, 9.17) is 28.2 Å². The molecule has 1 atom stereocenters. The number of fused-ring (bicyclic) bond motifs is 1. The van der Waals surface area contributed by atoms with Crippen LogP contribution in [0.4, 0.5) is 5.69 Å². The first kappa shape index (κ1) is 23.4. The van der Waals surface area contributed by atoms with Crippen molar-refractivity contribution in [1.29, 1.82) is 0 Å². The Morgan fingerprint density at radius 2 is 1.91 bits per heavy atom. The molecule has 1 saturated heterocycles. The Bertz CT molecular complexity index is 1360. The summed E-state index contributed by atoms with van der Waals surface area (Å²) in [7, 11) is 0. The number of nitrogens with zero attached hydrogens (tertiary/aromatic N) is 3. The molecule has 0 aliphatic carbocycles. The van der Waals surface area contributed by atoms with Gasteiger partial charge in [0.15, 0.2) is 0 Å². The minimum atomic E-state index is -0.132. The molecule has 1 amide bonds. The van der Waals surface area contributed by atoms with Gasteiger partial charge < -0.3 is 5.32 Å². The van der Waals surface area contributed by atoms with Crippen LogP contribution in [0.2, 0.25) is 10.0 Å². The molecule has 0 bridgehead atoms. The summed E-state index contributed by atoms with van der Waals surface area (Å²) in [5, 5.41) is 3.76. The summed E-state index contributed by atoms with van der Waals surface area (Å²) in [6.07, 6.45) is 1.78. The van der Waals surface area contributed by atoms with Gasteiger partial charge in [-0.1, -0.05) is 63.4 Å². The van der Waals surface area contributed by atoms with Gasteiger partial charge in [-0.15, -0.1) is 0 Å². The zero-order valence-corrected chi connectivity index (χ0v) is 21.4. The normalized spacial score (nSPS) is 16.6. The summed E-state index contributed by atoms with van der Waals surface area (Å²) in [5.74, 6) is 0.792. The number of nitrogens with one attached hydrogen (secondary N) is 1. The van der Waals surface area contributed by atoms with Crippen molar-refractivity contribution in [2.45, 2.75) is 19.4 Å². The number of carbonyl (C=O) groups is 1. The van der Waals surface area contributed by atoms with Gasteiger partial charge in [-0.2, -0.15) is 0 Å². The zero-order valence-electron chi connectivity index (χ0n) is 18.3. The van der Waals surface area contributed by atoms with Gasteiger partial charge in [0.05, 0.1) is 39.2 Å². The maximum atomic E-state index is 13.0. The van der Waals surface area contributed by atoms with Crippen LogP contribution in [0.3, 0.4) is 0 Å². The molecule has 1 fully saturated rings. The molecule has 174 valence electrons. The van der Waals surface area contributed by atoms with E-state index in [9.17, 15) is 4.79 Å². The molecule has 34 heavy (non-hydrogen) atoms. The zero-order chi connectivity index (χ0) is 23.7. The first-order valence-corrected chi connectivity index (χ1v) is 12.7. The van der Waals surface area contributed by atoms with E-state index < -0.39 is 0 Å². The number of aromatic nitrogens is 2. The highest BCUT2D eigenvalue weighted by Crippen LogP contribution is 2.31. The van der Waals surface area contributed by atoms with Crippen molar-refractivity contribution < 1.29 is 4.79 Å². The number of halogens is 3. The van der Waals surface area contributed by atoms with Gasteiger partial charge in [0.25, 0.3) is 0 Å². The Morgan fingerprint density at radius 1 is 1.09 bits per heavy atom. The number of hydrogen-bond donors (Lipinski definition) is 1. The lowest BCUT2D eigenvalue weighted by Gasteiger charge is -2.32. The van der Waals surface area contributed by atoms with Crippen molar-refractivity contribution >= 4 is 61.8 Å². The molecule has 5 rings (SSSR count). The van der Waals surface area contributed by atoms with Crippen molar-refractivity contribution in [2.24, 2.45) is 5.92 Å². The molecular formula is C26H23BrCl2N4O. The summed E-state index contributed by atoms with van der Waals surface area (Å²) in [5.41, 5.74) is 3.63. The first-order valence-electron chi connectivity index (χ1n) is 11.2. The lowest BCUT2D eigenvalue weighted by molar-refractivity contribution is -0.121. The maximum absolute atomic E-state index is 13.0. The standard InChI is InChI=1S/C26H23BrCl2N4O/c27-18-7-3-8-19(14-18)33-23-12-2-1-10-21(23)30-24(33)16-32-13-5-6-17(15-32)26(34)31-22-11-4-9-20(28)25(22)29/h1-4,7-12,14,17H,5-6,13,15-16H2,(H,31,34)/t17-/m1/s1. The molecule has 0 saturated carbocycles. The number of para-hydroxylation sites is 2. The van der Waals surface area contributed by atoms with Crippen LogP contribution in [0.5, 0.6) is 0 Å². The molecule has 1 aliphatic heterocycles. The van der Waals surface area contributed by atoms with Crippen LogP contribution in [0, 0.1) is 5.92 Å². The highest BCUT2D eigenvalue weighted by atomic mass is 79.9. The second-order valence-electron chi connectivity index (χ2n) is 8.50. The predicted octanol–water partition coefficient (Wildman–Crippen LogP) is 6.95. The molecule has 0 radical (unpaired) electrons. The highest BCUT2D eigenvalue weighted by Gasteiger charge is 2.27. The number of anilines is 1. The Labute approximate surface area is 216 Å². The molecule has 1 aromatic heterocycles. The van der Waals surface area contributed by atoms with Crippen LogP contribution in [0.25, 0.3) is 16.7 Å². The minimum Gasteiger partial charge on any atom is -0.324 e. The molecule has 1 aliphatic rings. The smallest absolute Gasteiger partial charge is 0.228 e. The van der Waals surface area contributed by atoms with E-state index in [1.54, 1.807) is 18.2 Å². The quantitative estimate of drug-likeness (QED) is 0.289. The van der Waals surface area contributed by atoms with Crippen molar-refractivity contribution in [1.82, 2.24) is 14.5 Å². The number of carbonyl (C=O) groups excluding carboxylic acids is 1. The molecule has 5 nitrogen and oxygen atoms in total. The summed E-state index contributed by atoms with van der Waals surface area (Å²) >= 11 is 16.0. The number of piperidine rings is 1. The van der Waals surface area contributed by atoms with Crippen LogP contribution in [0.15, 0.2) is 71.2 Å². The molecule has 8 heteroatoms. The fourth-order valence-corrected chi connectivity index (χ4v) is 5.27. The van der Waals surface area contributed by atoms with Crippen LogP contribution >= 0.6 is 39.1 Å². The third-order valence-corrected chi connectivity index (χ3v) is 7.46. The average molecular weight is 558 g/mol. The first-order chi connectivity index (χ1) is 16.5. The van der Waals surface area contributed by atoms with E-state index in [0.29, 0.717) is 28.8 Å². The third kappa shape index (κ3) is 4.86. The number of benzene rings is 3. The summed E-state index contributed by atoms with van der Waals surface area (Å²) in [4.78, 5) is 20.3. The summed E-state index contributed by atoms with van der Waals surface area (Å²) < 4.78 is 3.22. The number of rotatable bonds is 5. The van der Waals surface area contributed by atoms with E-state index in [2.05, 4.69) is 48.9 Å². The van der Waals surface area contributed by atoms with Gasteiger partial charge in [-0.25, -0.2) is 4.98 Å². The van der Waals surface area contributed by atoms with Gasteiger partial charge in [0.1, 0.15) is 5.82 Å². The van der Waals surface area contributed by atoms with Gasteiger partial charge in [-0.3, -0.25) is 14.3 Å². The van der Waals surface area contributed by atoms with Crippen LogP contribution in [-0.2, 0) is 11.3 Å². The van der Waals surface area contributed by atoms with E-state index in [-0.39, 0.29) is 11.8 Å². The third-order valence-electron chi connectivity index (χ3n) is 6.15. The van der Waals surface area contributed by atoms with Crippen molar-refractivity contribution in [3.05, 3.63) is 87.1 Å². The van der Waals surface area contributed by atoms with Gasteiger partial charge >= 0.3 is 0 Å². The predicted molar refractivity (Wildman–Crippen MR) is 142 cm³/mol. The number of likely N-dealkylation sites (tertiary alicyclic amines) is 1. The topological polar surface area (TPSA) is 50.2 Å². The Balaban J connectivity index is 1.37. The van der Waals surface area contributed by atoms with E-state index in [1.165, 1.54) is 0 Å². The number of imidazole rings is 1. The van der Waals surface area contributed by atoms with Gasteiger partial charge in [-0.05, 0) is 61.9 Å². The molecule has 3 aromatic carbocycles. The van der Waals surface area contributed by atoms with E-state index >= 15 is 0 Å². The summed E-state index contributed by atoms with van der Waals surface area (Å²) in [6.45, 7) is 2.23. The monoisotopic (exact) mass is 556 g/mol. The minimum absolute atomic E-state index is 0.0330. The number of amides is 1. The molecule has 4 aromatic rings. The second-order valence-corrected chi connectivity index (χ2v) is 10.2. The molecule has 0 unspecified atom stereocenters. The molecule has 0 spiro atoms. The average Bonchev–Trinajstić information content (AvgIpc) is 3.20. The van der Waals surface area contributed by atoms with Crippen molar-refractivity contribution in [3.63, 3.8) is 0 Å². The van der Waals surface area contributed by atoms with Crippen molar-refractivity contribution in [3.8, 4) is 5.69 Å². The fraction of sp³-hybridized carbons (Fsp3) is 0.231. The van der Waals surface area contributed by atoms with Gasteiger partial charge in [0, 0.05) is 16.7 Å².